The summed E-state index contributed by atoms with van der Waals surface area (Å²) in [5.74, 6) is -1.41. The molecule has 2 N–H and O–H groups in total. The first-order valence-electron chi connectivity index (χ1n) is 18.3. The Bertz CT molecular complexity index is 1770. The number of halogens is 3. The number of hydrogen-bond donors (Lipinski definition) is 2. The molecular formula is C37H46F3N9O4S. The highest BCUT2D eigenvalue weighted by molar-refractivity contribution is 7.80. The summed E-state index contributed by atoms with van der Waals surface area (Å²) in [6, 6.07) is 5.79. The monoisotopic (exact) mass is 769 g/mol. The zero-order valence-corrected chi connectivity index (χ0v) is 31.6. The smallest absolute Gasteiger partial charge is 0.331 e. The van der Waals surface area contributed by atoms with Crippen molar-refractivity contribution in [2.24, 2.45) is 0 Å². The van der Waals surface area contributed by atoms with Gasteiger partial charge < -0.3 is 15.1 Å². The van der Waals surface area contributed by atoms with Gasteiger partial charge in [0, 0.05) is 38.6 Å². The van der Waals surface area contributed by atoms with Gasteiger partial charge in [-0.1, -0.05) is 26.2 Å². The molecule has 6 rings (SSSR count). The molecule has 5 heterocycles. The quantitative estimate of drug-likeness (QED) is 0.287. The van der Waals surface area contributed by atoms with Crippen LogP contribution >= 0.6 is 12.2 Å². The van der Waals surface area contributed by atoms with Crippen LogP contribution in [0.4, 0.5) is 24.5 Å². The van der Waals surface area contributed by atoms with Gasteiger partial charge in [-0.05, 0) is 76.5 Å². The average Bonchev–Trinajstić information content (AvgIpc) is 3.31. The lowest BCUT2D eigenvalue weighted by atomic mass is 9.91. The van der Waals surface area contributed by atoms with Gasteiger partial charge in [0.25, 0.3) is 5.91 Å². The zero-order chi connectivity index (χ0) is 39.2. The van der Waals surface area contributed by atoms with Crippen molar-refractivity contribution in [1.29, 1.82) is 5.26 Å². The van der Waals surface area contributed by atoms with Crippen LogP contribution in [0.15, 0.2) is 30.6 Å². The van der Waals surface area contributed by atoms with Crippen LogP contribution < -0.4 is 15.5 Å². The zero-order valence-electron chi connectivity index (χ0n) is 30.7. The van der Waals surface area contributed by atoms with Crippen molar-refractivity contribution in [3.05, 3.63) is 47.5 Å². The van der Waals surface area contributed by atoms with Gasteiger partial charge in [0.05, 0.1) is 47.5 Å². The minimum Gasteiger partial charge on any atom is -0.331 e. The van der Waals surface area contributed by atoms with Crippen molar-refractivity contribution in [2.75, 3.05) is 49.5 Å². The summed E-state index contributed by atoms with van der Waals surface area (Å²) in [5.41, 5.74) is -1.70. The van der Waals surface area contributed by atoms with Crippen molar-refractivity contribution >= 4 is 52.3 Å². The molecule has 1 aliphatic carbocycles. The Morgan fingerprint density at radius 2 is 1.72 bits per heavy atom. The number of rotatable bonds is 8. The van der Waals surface area contributed by atoms with Gasteiger partial charge >= 0.3 is 6.18 Å². The number of piperidine rings is 1. The molecule has 17 heteroatoms. The molecule has 0 bridgehead atoms. The maximum atomic E-state index is 13.3. The lowest BCUT2D eigenvalue weighted by molar-refractivity contribution is -0.138. The van der Waals surface area contributed by atoms with Gasteiger partial charge in [-0.2, -0.15) is 18.4 Å². The fourth-order valence-corrected chi connectivity index (χ4v) is 7.99. The fraction of sp³-hybridized carbons (Fsp3) is 0.568. The number of piperazine rings is 1. The predicted molar refractivity (Wildman–Crippen MR) is 198 cm³/mol. The van der Waals surface area contributed by atoms with E-state index in [1.807, 2.05) is 4.90 Å². The highest BCUT2D eigenvalue weighted by Gasteiger charge is 2.52. The van der Waals surface area contributed by atoms with Gasteiger partial charge in [0.15, 0.2) is 10.8 Å². The van der Waals surface area contributed by atoms with Gasteiger partial charge in [0.1, 0.15) is 11.6 Å². The average molecular weight is 770 g/mol. The summed E-state index contributed by atoms with van der Waals surface area (Å²) >= 11 is 5.51. The van der Waals surface area contributed by atoms with E-state index in [0.29, 0.717) is 30.8 Å². The Labute approximate surface area is 318 Å². The maximum Gasteiger partial charge on any atom is 0.419 e. The van der Waals surface area contributed by atoms with Gasteiger partial charge in [-0.3, -0.25) is 39.3 Å². The number of nitrogens with one attached hydrogen (secondary N) is 2. The Balaban J connectivity index is 0.000000208. The number of carbonyl (C=O) groups excluding carboxylic acids is 4. The summed E-state index contributed by atoms with van der Waals surface area (Å²) in [7, 11) is 0. The topological polar surface area (TPSA) is 155 Å². The first-order valence-corrected chi connectivity index (χ1v) is 18.7. The number of thiocarbonyl (C=S) groups is 1. The van der Waals surface area contributed by atoms with Crippen LogP contribution in [-0.2, 0) is 25.4 Å². The number of nitriles is 1. The van der Waals surface area contributed by atoms with Crippen molar-refractivity contribution in [1.82, 2.24) is 30.0 Å². The van der Waals surface area contributed by atoms with Crippen molar-refractivity contribution in [3.63, 3.8) is 0 Å². The Morgan fingerprint density at radius 1 is 1.04 bits per heavy atom. The molecule has 0 radical (unpaired) electrons. The highest BCUT2D eigenvalue weighted by Crippen LogP contribution is 2.40. The standard InChI is InChI=1S/C19H27N5O3.C18H19F3N4OS/c1-2-7-23-8-10-24(11-9-23)13-18(26)21-14-3-5-16(20-12-14)15-4-6-17(25)22-19(15)27;1-17(2)15(26)24(16(27)25(17)11-6-4-3-5-7-11)12-8-13(18(19,20)21)14(9-22)23-10-12/h3,5,12,15H,2,4,6-11,13H2,1H3,(H,21,26)(H,22,25,27);8,10-11H,3-7H2,1-2H3. The van der Waals surface area contributed by atoms with Crippen LogP contribution in [0.25, 0.3) is 0 Å². The van der Waals surface area contributed by atoms with Crippen LogP contribution in [0.3, 0.4) is 0 Å². The molecule has 4 amide bonds. The summed E-state index contributed by atoms with van der Waals surface area (Å²) in [6.07, 6.45) is 4.83. The maximum absolute atomic E-state index is 13.3. The first kappa shape index (κ1) is 40.7. The number of imide groups is 1. The molecule has 54 heavy (non-hydrogen) atoms. The van der Waals surface area contributed by atoms with E-state index in [2.05, 4.69) is 37.3 Å². The summed E-state index contributed by atoms with van der Waals surface area (Å²) in [4.78, 5) is 63.9. The molecule has 4 aliphatic rings. The second kappa shape index (κ2) is 17.3. The number of aromatic nitrogens is 2. The molecule has 1 atom stereocenters. The number of hydrogen-bond acceptors (Lipinski definition) is 10. The Morgan fingerprint density at radius 3 is 2.31 bits per heavy atom. The normalized spacial score (nSPS) is 21.3. The Hall–Kier alpha value is -4.53. The minimum atomic E-state index is -4.75. The van der Waals surface area contributed by atoms with E-state index < -0.39 is 34.8 Å². The molecule has 2 aromatic rings. The van der Waals surface area contributed by atoms with Crippen LogP contribution in [0.5, 0.6) is 0 Å². The van der Waals surface area contributed by atoms with Gasteiger partial charge in [-0.15, -0.1) is 0 Å². The van der Waals surface area contributed by atoms with E-state index in [4.69, 9.17) is 17.5 Å². The molecule has 290 valence electrons. The Kier molecular flexibility index (Phi) is 13.0. The molecule has 1 unspecified atom stereocenters. The van der Waals surface area contributed by atoms with E-state index in [1.54, 1.807) is 32.2 Å². The van der Waals surface area contributed by atoms with Gasteiger partial charge in [0.2, 0.25) is 17.7 Å². The number of anilines is 2. The fourth-order valence-electron chi connectivity index (χ4n) is 7.42. The lowest BCUT2D eigenvalue weighted by Gasteiger charge is -2.39. The van der Waals surface area contributed by atoms with Crippen molar-refractivity contribution in [3.8, 4) is 6.07 Å². The van der Waals surface area contributed by atoms with E-state index in [1.165, 1.54) is 6.07 Å². The minimum absolute atomic E-state index is 0.0607. The number of alkyl halides is 3. The van der Waals surface area contributed by atoms with Crippen LogP contribution in [0.1, 0.15) is 95.0 Å². The number of pyridine rings is 2. The second-order valence-electron chi connectivity index (χ2n) is 14.5. The molecule has 1 saturated carbocycles. The number of carbonyl (C=O) groups is 4. The summed E-state index contributed by atoms with van der Waals surface area (Å²) < 4.78 is 39.8. The molecule has 3 saturated heterocycles. The number of nitrogens with zero attached hydrogens (tertiary/aromatic N) is 7. The van der Waals surface area contributed by atoms with E-state index in [-0.39, 0.29) is 34.6 Å². The first-order chi connectivity index (χ1) is 25.6. The molecule has 13 nitrogen and oxygen atoms in total. The van der Waals surface area contributed by atoms with Crippen LogP contribution in [0.2, 0.25) is 0 Å². The molecular weight excluding hydrogens is 724 g/mol. The summed E-state index contributed by atoms with van der Waals surface area (Å²) in [6.45, 7) is 10.9. The third-order valence-corrected chi connectivity index (χ3v) is 10.6. The number of amides is 4. The largest absolute Gasteiger partial charge is 0.419 e. The second-order valence-corrected chi connectivity index (χ2v) is 14.8. The predicted octanol–water partition coefficient (Wildman–Crippen LogP) is 4.58. The molecule has 4 fully saturated rings. The van der Waals surface area contributed by atoms with Crippen LogP contribution in [-0.4, -0.2) is 104 Å². The van der Waals surface area contributed by atoms with E-state index in [0.717, 1.165) is 88.4 Å². The third-order valence-electron chi connectivity index (χ3n) is 10.2. The summed E-state index contributed by atoms with van der Waals surface area (Å²) in [5, 5.41) is 14.3. The van der Waals surface area contributed by atoms with Crippen molar-refractivity contribution < 1.29 is 32.3 Å². The molecule has 2 aromatic heterocycles. The lowest BCUT2D eigenvalue weighted by Crippen LogP contribution is -2.50. The molecule has 0 spiro atoms. The molecule has 0 aromatic carbocycles. The SMILES string of the molecule is CC1(C)C(=O)N(c2cnc(C#N)c(C(F)(F)F)c2)C(=S)N1C1CCCCC1.CCCN1CCN(CC(=O)Nc2ccc(C3CCC(=O)NC3=O)nc2)CC1. The highest BCUT2D eigenvalue weighted by atomic mass is 32.1. The molecule has 3 aliphatic heterocycles. The van der Waals surface area contributed by atoms with Crippen LogP contribution in [0, 0.1) is 11.3 Å². The van der Waals surface area contributed by atoms with E-state index in [9.17, 15) is 32.3 Å². The van der Waals surface area contributed by atoms with E-state index >= 15 is 0 Å². The third kappa shape index (κ3) is 9.39. The van der Waals surface area contributed by atoms with Crippen molar-refractivity contribution in [2.45, 2.75) is 95.8 Å². The van der Waals surface area contributed by atoms with Gasteiger partial charge in [-0.25, -0.2) is 4.98 Å².